The lowest BCUT2D eigenvalue weighted by molar-refractivity contribution is -0.0690. The second-order valence-corrected chi connectivity index (χ2v) is 6.32. The summed E-state index contributed by atoms with van der Waals surface area (Å²) in [7, 11) is 0. The van der Waals surface area contributed by atoms with Crippen molar-refractivity contribution in [2.24, 2.45) is 0 Å². The molecule has 0 saturated carbocycles. The Balaban J connectivity index is 1.97. The van der Waals surface area contributed by atoms with Gasteiger partial charge in [-0.3, -0.25) is 19.1 Å². The molecule has 26 heavy (non-hydrogen) atoms. The molecule has 3 atom stereocenters. The normalized spacial score (nSPS) is 25.3. The van der Waals surface area contributed by atoms with Crippen molar-refractivity contribution >= 4 is 11.5 Å². The minimum absolute atomic E-state index is 0.203. The number of aliphatic hydroxyl groups excluding tert-OH is 1. The first-order valence-corrected chi connectivity index (χ1v) is 7.97. The molecule has 138 valence electrons. The van der Waals surface area contributed by atoms with E-state index < -0.39 is 41.6 Å². The van der Waals surface area contributed by atoms with E-state index in [1.807, 2.05) is 0 Å². The zero-order valence-electron chi connectivity index (χ0n) is 14.0. The fourth-order valence-corrected chi connectivity index (χ4v) is 3.03. The van der Waals surface area contributed by atoms with Gasteiger partial charge in [0.2, 0.25) is 0 Å². The lowest BCUT2D eigenvalue weighted by Crippen LogP contribution is -2.47. The molecule has 1 fully saturated rings. The summed E-state index contributed by atoms with van der Waals surface area (Å²) in [6.45, 7) is 0.893. The van der Waals surface area contributed by atoms with E-state index in [0.29, 0.717) is 5.69 Å². The smallest absolute Gasteiger partial charge is 0.330 e. The minimum atomic E-state index is -2.03. The SMILES string of the molecule is Cc1cn([C@H]2C[C@@](O)(C(=O)c3ccc(N)cc3)[C@@H](CO)O2)c(=O)[nH]c1=O. The van der Waals surface area contributed by atoms with Crippen LogP contribution in [0.25, 0.3) is 0 Å². The highest BCUT2D eigenvalue weighted by atomic mass is 16.5. The Morgan fingerprint density at radius 3 is 2.65 bits per heavy atom. The molecule has 0 aliphatic carbocycles. The van der Waals surface area contributed by atoms with Crippen LogP contribution in [0.15, 0.2) is 40.1 Å². The number of ether oxygens (including phenoxy) is 1. The third-order valence-corrected chi connectivity index (χ3v) is 4.53. The van der Waals surface area contributed by atoms with Gasteiger partial charge in [-0.2, -0.15) is 0 Å². The van der Waals surface area contributed by atoms with Crippen LogP contribution in [0, 0.1) is 6.92 Å². The molecule has 5 N–H and O–H groups in total. The molecular formula is C17H19N3O6. The van der Waals surface area contributed by atoms with E-state index in [9.17, 15) is 24.6 Å². The van der Waals surface area contributed by atoms with E-state index in [1.165, 1.54) is 37.4 Å². The van der Waals surface area contributed by atoms with Crippen LogP contribution in [0.3, 0.4) is 0 Å². The Morgan fingerprint density at radius 2 is 2.04 bits per heavy atom. The first kappa shape index (κ1) is 18.1. The van der Waals surface area contributed by atoms with Crippen molar-refractivity contribution in [3.8, 4) is 0 Å². The van der Waals surface area contributed by atoms with E-state index >= 15 is 0 Å². The number of benzene rings is 1. The summed E-state index contributed by atoms with van der Waals surface area (Å²) in [6, 6.07) is 5.97. The van der Waals surface area contributed by atoms with Gasteiger partial charge in [-0.05, 0) is 31.2 Å². The van der Waals surface area contributed by atoms with E-state index in [2.05, 4.69) is 4.98 Å². The Hall–Kier alpha value is -2.75. The predicted octanol–water partition coefficient (Wildman–Crippen LogP) is -0.679. The van der Waals surface area contributed by atoms with Crippen molar-refractivity contribution < 1.29 is 19.7 Å². The monoisotopic (exact) mass is 361 g/mol. The quantitative estimate of drug-likeness (QED) is 0.416. The summed E-state index contributed by atoms with van der Waals surface area (Å²) >= 11 is 0. The van der Waals surface area contributed by atoms with Crippen LogP contribution in [-0.2, 0) is 4.74 Å². The van der Waals surface area contributed by atoms with Gasteiger partial charge in [-0.15, -0.1) is 0 Å². The first-order chi connectivity index (χ1) is 12.3. The van der Waals surface area contributed by atoms with Crippen molar-refractivity contribution in [1.29, 1.82) is 0 Å². The number of nitrogen functional groups attached to an aromatic ring is 1. The van der Waals surface area contributed by atoms with Gasteiger partial charge in [0.1, 0.15) is 12.3 Å². The van der Waals surface area contributed by atoms with Crippen molar-refractivity contribution in [3.63, 3.8) is 0 Å². The van der Waals surface area contributed by atoms with Crippen molar-refractivity contribution in [2.45, 2.75) is 31.3 Å². The third kappa shape index (κ3) is 2.96. The zero-order chi connectivity index (χ0) is 19.1. The number of nitrogens with one attached hydrogen (secondary N) is 1. The maximum atomic E-state index is 12.8. The average Bonchev–Trinajstić information content (AvgIpc) is 2.96. The van der Waals surface area contributed by atoms with Gasteiger partial charge in [0, 0.05) is 29.4 Å². The molecule has 2 aromatic rings. The minimum Gasteiger partial charge on any atom is -0.399 e. The molecule has 0 bridgehead atoms. The molecule has 1 aromatic carbocycles. The molecule has 1 saturated heterocycles. The Bertz CT molecular complexity index is 948. The standard InChI is InChI=1S/C17H19N3O6/c1-9-7-20(16(24)19-15(9)23)13-6-17(25,12(8-21)26-13)14(22)10-2-4-11(18)5-3-10/h2-5,7,12-13,21,25H,6,8,18H2,1H3,(H,19,23,24)/t12-,13-,17+/m1/s1. The van der Waals surface area contributed by atoms with Gasteiger partial charge in [0.15, 0.2) is 11.4 Å². The summed E-state index contributed by atoms with van der Waals surface area (Å²) < 4.78 is 6.64. The second kappa shape index (κ2) is 6.52. The maximum absolute atomic E-state index is 12.8. The number of nitrogens with zero attached hydrogens (tertiary/aromatic N) is 1. The van der Waals surface area contributed by atoms with Crippen LogP contribution in [0.1, 0.15) is 28.6 Å². The molecule has 9 heteroatoms. The molecule has 0 spiro atoms. The molecule has 1 aromatic heterocycles. The van der Waals surface area contributed by atoms with Crippen LogP contribution in [0.4, 0.5) is 5.69 Å². The Kier molecular flexibility index (Phi) is 4.53. The largest absolute Gasteiger partial charge is 0.399 e. The number of rotatable bonds is 4. The summed E-state index contributed by atoms with van der Waals surface area (Å²) in [5, 5.41) is 20.5. The number of aromatic nitrogens is 2. The molecule has 0 radical (unpaired) electrons. The zero-order valence-corrected chi connectivity index (χ0v) is 14.0. The van der Waals surface area contributed by atoms with E-state index in [1.54, 1.807) is 0 Å². The molecule has 2 heterocycles. The first-order valence-electron chi connectivity index (χ1n) is 7.97. The molecule has 0 unspecified atom stereocenters. The van der Waals surface area contributed by atoms with E-state index in [-0.39, 0.29) is 17.5 Å². The van der Waals surface area contributed by atoms with E-state index in [4.69, 9.17) is 10.5 Å². The number of aryl methyl sites for hydroxylation is 1. The number of ketones is 1. The maximum Gasteiger partial charge on any atom is 0.330 e. The number of aliphatic hydroxyl groups is 2. The summed E-state index contributed by atoms with van der Waals surface area (Å²) in [6.07, 6.45) is -1.21. The Labute approximate surface area is 147 Å². The van der Waals surface area contributed by atoms with Crippen LogP contribution in [-0.4, -0.2) is 43.9 Å². The number of hydrogen-bond donors (Lipinski definition) is 4. The second-order valence-electron chi connectivity index (χ2n) is 6.32. The fraction of sp³-hybridized carbons (Fsp3) is 0.353. The predicted molar refractivity (Wildman–Crippen MR) is 91.8 cm³/mol. The molecule has 0 amide bonds. The fourth-order valence-electron chi connectivity index (χ4n) is 3.03. The van der Waals surface area contributed by atoms with Crippen LogP contribution >= 0.6 is 0 Å². The summed E-state index contributed by atoms with van der Waals surface area (Å²) in [4.78, 5) is 38.5. The number of aromatic amines is 1. The highest BCUT2D eigenvalue weighted by molar-refractivity contribution is 6.03. The van der Waals surface area contributed by atoms with Gasteiger partial charge < -0.3 is 20.7 Å². The Morgan fingerprint density at radius 1 is 1.38 bits per heavy atom. The molecular weight excluding hydrogens is 342 g/mol. The molecule has 3 rings (SSSR count). The van der Waals surface area contributed by atoms with Crippen molar-refractivity contribution in [1.82, 2.24) is 9.55 Å². The van der Waals surface area contributed by atoms with Gasteiger partial charge in [0.25, 0.3) is 5.56 Å². The summed E-state index contributed by atoms with van der Waals surface area (Å²) in [5.41, 5.74) is 3.25. The summed E-state index contributed by atoms with van der Waals surface area (Å²) in [5.74, 6) is -0.645. The lowest BCUT2D eigenvalue weighted by Gasteiger charge is -2.25. The molecule has 9 nitrogen and oxygen atoms in total. The van der Waals surface area contributed by atoms with Gasteiger partial charge >= 0.3 is 5.69 Å². The van der Waals surface area contributed by atoms with Gasteiger partial charge in [-0.1, -0.05) is 0 Å². The van der Waals surface area contributed by atoms with Crippen molar-refractivity contribution in [3.05, 3.63) is 62.4 Å². The number of nitrogens with two attached hydrogens (primary N) is 1. The van der Waals surface area contributed by atoms with Crippen molar-refractivity contribution in [2.75, 3.05) is 12.3 Å². The number of H-pyrrole nitrogens is 1. The van der Waals surface area contributed by atoms with Gasteiger partial charge in [-0.25, -0.2) is 4.79 Å². The number of carbonyl (C=O) groups is 1. The number of anilines is 1. The van der Waals surface area contributed by atoms with E-state index in [0.717, 1.165) is 4.57 Å². The number of hydrogen-bond acceptors (Lipinski definition) is 7. The molecule has 1 aliphatic rings. The van der Waals surface area contributed by atoms with Crippen LogP contribution in [0.2, 0.25) is 0 Å². The highest BCUT2D eigenvalue weighted by Crippen LogP contribution is 2.38. The third-order valence-electron chi connectivity index (χ3n) is 4.53. The average molecular weight is 361 g/mol. The number of Topliss-reactive ketones (excluding diaryl/α,β-unsaturated/α-hetero) is 1. The highest BCUT2D eigenvalue weighted by Gasteiger charge is 2.53. The number of carbonyl (C=O) groups excluding carboxylic acids is 1. The molecule has 1 aliphatic heterocycles. The van der Waals surface area contributed by atoms with Crippen LogP contribution in [0.5, 0.6) is 0 Å². The lowest BCUT2D eigenvalue weighted by atomic mass is 9.86. The topological polar surface area (TPSA) is 148 Å². The van der Waals surface area contributed by atoms with Gasteiger partial charge in [0.05, 0.1) is 6.61 Å². The van der Waals surface area contributed by atoms with Crippen LogP contribution < -0.4 is 17.0 Å².